The predicted molar refractivity (Wildman–Crippen MR) is 103 cm³/mol. The number of alkyl halides is 3. The lowest BCUT2D eigenvalue weighted by Crippen LogP contribution is -2.15. The lowest BCUT2D eigenvalue weighted by atomic mass is 10.1. The number of hydrogen-bond acceptors (Lipinski definition) is 2. The van der Waals surface area contributed by atoms with Gasteiger partial charge in [0.05, 0.1) is 34.4 Å². The number of nitrogens with zero attached hydrogens (tertiary/aromatic N) is 2. The molecule has 0 aliphatic heterocycles. The Labute approximate surface area is 167 Å². The van der Waals surface area contributed by atoms with E-state index in [0.29, 0.717) is 16.9 Å². The first-order chi connectivity index (χ1) is 13.3. The van der Waals surface area contributed by atoms with E-state index in [2.05, 4.69) is 26.3 Å². The fraction of sp³-hybridized carbons (Fsp3) is 0.200. The Morgan fingerprint density at radius 1 is 1.14 bits per heavy atom. The summed E-state index contributed by atoms with van der Waals surface area (Å²) in [5.74, 6) is -0.232. The van der Waals surface area contributed by atoms with Gasteiger partial charge in [-0.3, -0.25) is 4.79 Å². The summed E-state index contributed by atoms with van der Waals surface area (Å²) in [6.07, 6.45) is -1.28. The van der Waals surface area contributed by atoms with E-state index in [1.165, 1.54) is 16.9 Å². The Hall–Kier alpha value is -2.61. The predicted octanol–water partition coefficient (Wildman–Crippen LogP) is 5.78. The number of para-hydroxylation sites is 1. The van der Waals surface area contributed by atoms with Crippen LogP contribution in [0.2, 0.25) is 0 Å². The summed E-state index contributed by atoms with van der Waals surface area (Å²) in [4.78, 5) is 12.8. The molecule has 0 saturated heterocycles. The van der Waals surface area contributed by atoms with Crippen molar-refractivity contribution in [1.29, 1.82) is 0 Å². The molecule has 0 radical (unpaired) electrons. The summed E-state index contributed by atoms with van der Waals surface area (Å²) in [7, 11) is 0. The maximum absolute atomic E-state index is 13.1. The summed E-state index contributed by atoms with van der Waals surface area (Å²) in [6.45, 7) is 0. The molecule has 2 aromatic carbocycles. The number of anilines is 1. The Morgan fingerprint density at radius 2 is 1.89 bits per heavy atom. The van der Waals surface area contributed by atoms with E-state index in [9.17, 15) is 18.0 Å². The van der Waals surface area contributed by atoms with Gasteiger partial charge in [-0.05, 0) is 59.1 Å². The largest absolute Gasteiger partial charge is 0.416 e. The highest BCUT2D eigenvalue weighted by atomic mass is 79.9. The van der Waals surface area contributed by atoms with Crippen molar-refractivity contribution in [2.24, 2.45) is 0 Å². The molecule has 8 heteroatoms. The van der Waals surface area contributed by atoms with Crippen LogP contribution >= 0.6 is 15.9 Å². The molecule has 1 aliphatic carbocycles. The van der Waals surface area contributed by atoms with E-state index in [1.807, 2.05) is 12.1 Å². The third kappa shape index (κ3) is 3.69. The number of benzene rings is 2. The molecule has 1 fully saturated rings. The van der Waals surface area contributed by atoms with Crippen molar-refractivity contribution in [3.8, 4) is 5.69 Å². The average molecular weight is 450 g/mol. The summed E-state index contributed by atoms with van der Waals surface area (Å²) in [6, 6.07) is 12.2. The maximum Gasteiger partial charge on any atom is 0.416 e. The molecule has 1 saturated carbocycles. The second-order valence-electron chi connectivity index (χ2n) is 6.61. The number of rotatable bonds is 4. The zero-order valence-corrected chi connectivity index (χ0v) is 16.1. The highest BCUT2D eigenvalue weighted by Gasteiger charge is 2.34. The van der Waals surface area contributed by atoms with Crippen molar-refractivity contribution in [2.45, 2.75) is 24.9 Å². The van der Waals surface area contributed by atoms with Gasteiger partial charge in [-0.1, -0.05) is 18.2 Å². The molecule has 0 bridgehead atoms. The molecule has 0 spiro atoms. The van der Waals surface area contributed by atoms with E-state index in [-0.39, 0.29) is 17.5 Å². The van der Waals surface area contributed by atoms with Crippen molar-refractivity contribution >= 4 is 27.5 Å². The van der Waals surface area contributed by atoms with Gasteiger partial charge in [0.2, 0.25) is 0 Å². The number of halogens is 4. The number of hydrogen-bond donors (Lipinski definition) is 1. The molecule has 1 amide bonds. The van der Waals surface area contributed by atoms with Crippen LogP contribution in [0.25, 0.3) is 5.69 Å². The Bertz CT molecular complexity index is 1040. The number of aromatic nitrogens is 2. The fourth-order valence-corrected chi connectivity index (χ4v) is 3.44. The minimum Gasteiger partial charge on any atom is -0.321 e. The first-order valence-electron chi connectivity index (χ1n) is 8.66. The number of nitrogens with one attached hydrogen (secondary N) is 1. The standard InChI is InChI=1S/C20H15BrF3N3O/c21-16-6-1-2-7-17(16)26-19(28)15-11-25-27(18(15)12-8-9-12)14-5-3-4-13(10-14)20(22,23)24/h1-7,10-12H,8-9H2,(H,26,28). The third-order valence-corrected chi connectivity index (χ3v) is 5.25. The maximum atomic E-state index is 13.1. The van der Waals surface area contributed by atoms with Crippen molar-refractivity contribution in [2.75, 3.05) is 5.32 Å². The van der Waals surface area contributed by atoms with Gasteiger partial charge in [-0.15, -0.1) is 0 Å². The van der Waals surface area contributed by atoms with Crippen LogP contribution in [-0.4, -0.2) is 15.7 Å². The van der Waals surface area contributed by atoms with Crippen LogP contribution in [0.3, 0.4) is 0 Å². The molecule has 4 nitrogen and oxygen atoms in total. The molecule has 28 heavy (non-hydrogen) atoms. The van der Waals surface area contributed by atoms with Gasteiger partial charge in [0, 0.05) is 10.4 Å². The Kier molecular flexibility index (Phi) is 4.74. The minimum absolute atomic E-state index is 0.108. The monoisotopic (exact) mass is 449 g/mol. The first-order valence-corrected chi connectivity index (χ1v) is 9.45. The molecular weight excluding hydrogens is 435 g/mol. The molecule has 0 unspecified atom stereocenters. The van der Waals surface area contributed by atoms with Gasteiger partial charge in [-0.25, -0.2) is 4.68 Å². The SMILES string of the molecule is O=C(Nc1ccccc1Br)c1cnn(-c2cccc(C(F)(F)F)c2)c1C1CC1. The molecule has 4 rings (SSSR count). The molecule has 3 aromatic rings. The quantitative estimate of drug-likeness (QED) is 0.548. The van der Waals surface area contributed by atoms with Crippen molar-refractivity contribution in [3.63, 3.8) is 0 Å². The molecule has 1 heterocycles. The lowest BCUT2D eigenvalue weighted by molar-refractivity contribution is -0.137. The van der Waals surface area contributed by atoms with Crippen LogP contribution < -0.4 is 5.32 Å². The third-order valence-electron chi connectivity index (χ3n) is 4.56. The van der Waals surface area contributed by atoms with E-state index in [1.54, 1.807) is 18.2 Å². The molecule has 1 aliphatic rings. The fourth-order valence-electron chi connectivity index (χ4n) is 3.05. The van der Waals surface area contributed by atoms with Gasteiger partial charge in [0.1, 0.15) is 0 Å². The summed E-state index contributed by atoms with van der Waals surface area (Å²) in [5.41, 5.74) is 1.17. The van der Waals surface area contributed by atoms with Crippen LogP contribution in [0.5, 0.6) is 0 Å². The number of carbonyl (C=O) groups excluding carboxylic acids is 1. The van der Waals surface area contributed by atoms with Gasteiger partial charge in [-0.2, -0.15) is 18.3 Å². The van der Waals surface area contributed by atoms with Gasteiger partial charge >= 0.3 is 6.18 Å². The zero-order chi connectivity index (χ0) is 19.9. The van der Waals surface area contributed by atoms with E-state index >= 15 is 0 Å². The number of amides is 1. The van der Waals surface area contributed by atoms with E-state index < -0.39 is 11.7 Å². The highest BCUT2D eigenvalue weighted by molar-refractivity contribution is 9.10. The van der Waals surface area contributed by atoms with Crippen LogP contribution in [0.1, 0.15) is 40.4 Å². The minimum atomic E-state index is -4.44. The van der Waals surface area contributed by atoms with Crippen molar-refractivity contribution in [3.05, 3.63) is 76.0 Å². The summed E-state index contributed by atoms with van der Waals surface area (Å²) >= 11 is 3.38. The second-order valence-corrected chi connectivity index (χ2v) is 7.47. The normalized spacial score (nSPS) is 14.1. The zero-order valence-electron chi connectivity index (χ0n) is 14.5. The smallest absolute Gasteiger partial charge is 0.321 e. The van der Waals surface area contributed by atoms with Gasteiger partial charge in [0.15, 0.2) is 0 Å². The molecule has 1 aromatic heterocycles. The highest BCUT2D eigenvalue weighted by Crippen LogP contribution is 2.43. The van der Waals surface area contributed by atoms with Gasteiger partial charge < -0.3 is 5.32 Å². The molecule has 144 valence electrons. The molecule has 1 N–H and O–H groups in total. The molecule has 0 atom stereocenters. The Balaban J connectivity index is 1.71. The summed E-state index contributed by atoms with van der Waals surface area (Å²) < 4.78 is 41.4. The Morgan fingerprint density at radius 3 is 2.57 bits per heavy atom. The van der Waals surface area contributed by atoms with E-state index in [4.69, 9.17) is 0 Å². The summed E-state index contributed by atoms with van der Waals surface area (Å²) in [5, 5.41) is 7.06. The van der Waals surface area contributed by atoms with Crippen molar-refractivity contribution < 1.29 is 18.0 Å². The topological polar surface area (TPSA) is 46.9 Å². The van der Waals surface area contributed by atoms with Crippen LogP contribution in [0.4, 0.5) is 18.9 Å². The van der Waals surface area contributed by atoms with Crippen LogP contribution in [0, 0.1) is 0 Å². The second kappa shape index (κ2) is 7.09. The van der Waals surface area contributed by atoms with Crippen LogP contribution in [0.15, 0.2) is 59.2 Å². The van der Waals surface area contributed by atoms with Crippen molar-refractivity contribution in [1.82, 2.24) is 9.78 Å². The average Bonchev–Trinajstić information content (AvgIpc) is 3.40. The van der Waals surface area contributed by atoms with Crippen LogP contribution in [-0.2, 0) is 6.18 Å². The first kappa shape index (κ1) is 18.7. The molecular formula is C20H15BrF3N3O. The number of carbonyl (C=O) groups is 1. The van der Waals surface area contributed by atoms with E-state index in [0.717, 1.165) is 29.4 Å². The lowest BCUT2D eigenvalue weighted by Gasteiger charge is -2.12. The van der Waals surface area contributed by atoms with Gasteiger partial charge in [0.25, 0.3) is 5.91 Å².